The third-order valence-corrected chi connectivity index (χ3v) is 2.90. The summed E-state index contributed by atoms with van der Waals surface area (Å²) in [5.74, 6) is 0. The number of hydrogen-bond acceptors (Lipinski definition) is 1. The molecule has 0 heterocycles. The molecule has 0 spiro atoms. The van der Waals surface area contributed by atoms with Gasteiger partial charge in [0.2, 0.25) is 0 Å². The lowest BCUT2D eigenvalue weighted by atomic mass is 10.1. The molecule has 0 aromatic heterocycles. The molecule has 0 radical (unpaired) electrons. The lowest BCUT2D eigenvalue weighted by molar-refractivity contribution is 0.337. The highest BCUT2D eigenvalue weighted by molar-refractivity contribution is 4.84. The third kappa shape index (κ3) is 9.99. The van der Waals surface area contributed by atoms with E-state index in [9.17, 15) is 0 Å². The van der Waals surface area contributed by atoms with E-state index in [0.29, 0.717) is 0 Å². The Labute approximate surface area is 96.6 Å². The first-order valence-corrected chi connectivity index (χ1v) is 6.72. The summed E-state index contributed by atoms with van der Waals surface area (Å²) in [5, 5.41) is 0. The highest BCUT2D eigenvalue weighted by atomic mass is 15.1. The van der Waals surface area contributed by atoms with E-state index in [1.54, 1.807) is 0 Å². The zero-order chi connectivity index (χ0) is 11.4. The Morgan fingerprint density at radius 3 is 2.07 bits per heavy atom. The van der Waals surface area contributed by atoms with Gasteiger partial charge in [-0.05, 0) is 25.9 Å². The fraction of sp³-hybridized carbons (Fsp3) is 0.857. The number of likely N-dealkylation sites (N-methyl/N-ethyl adjacent to an activating group) is 1. The van der Waals surface area contributed by atoms with Crippen LogP contribution < -0.4 is 0 Å². The molecule has 0 aromatic rings. The van der Waals surface area contributed by atoms with Gasteiger partial charge in [0.05, 0.1) is 0 Å². The van der Waals surface area contributed by atoms with Crippen LogP contribution in [0, 0.1) is 0 Å². The van der Waals surface area contributed by atoms with E-state index in [0.717, 1.165) is 19.6 Å². The molecule has 0 aliphatic heterocycles. The van der Waals surface area contributed by atoms with Crippen LogP contribution in [-0.2, 0) is 0 Å². The largest absolute Gasteiger partial charge is 0.300 e. The molecule has 0 atom stereocenters. The van der Waals surface area contributed by atoms with Crippen molar-refractivity contribution in [2.24, 2.45) is 0 Å². The quantitative estimate of drug-likeness (QED) is 0.386. The molecular formula is C14H29N. The maximum absolute atomic E-state index is 2.44. The summed E-state index contributed by atoms with van der Waals surface area (Å²) in [6.07, 6.45) is 12.9. The Balaban J connectivity index is 3.23. The molecule has 90 valence electrons. The van der Waals surface area contributed by atoms with Crippen molar-refractivity contribution in [2.45, 2.75) is 59.3 Å². The van der Waals surface area contributed by atoms with Gasteiger partial charge < -0.3 is 4.90 Å². The number of nitrogens with zero attached hydrogens (tertiary/aromatic N) is 1. The standard InChI is InChI=1S/C14H29N/c1-4-7-8-9-10-11-12-13-14-15(5-2)6-3/h12-13H,4-11,14H2,1-3H3/b13-12+. The Hall–Kier alpha value is -0.300. The first-order valence-electron chi connectivity index (χ1n) is 6.72. The van der Waals surface area contributed by atoms with Gasteiger partial charge in [-0.15, -0.1) is 0 Å². The number of hydrogen-bond donors (Lipinski definition) is 0. The highest BCUT2D eigenvalue weighted by Gasteiger charge is 1.93. The fourth-order valence-electron chi connectivity index (χ4n) is 1.69. The van der Waals surface area contributed by atoms with Crippen molar-refractivity contribution in [2.75, 3.05) is 19.6 Å². The van der Waals surface area contributed by atoms with Gasteiger partial charge in [0.15, 0.2) is 0 Å². The molecule has 15 heavy (non-hydrogen) atoms. The summed E-state index contributed by atoms with van der Waals surface area (Å²) >= 11 is 0. The number of allylic oxidation sites excluding steroid dienone is 1. The lowest BCUT2D eigenvalue weighted by Gasteiger charge is -2.14. The van der Waals surface area contributed by atoms with Gasteiger partial charge in [0.1, 0.15) is 0 Å². The zero-order valence-corrected chi connectivity index (χ0v) is 11.0. The van der Waals surface area contributed by atoms with Gasteiger partial charge in [0, 0.05) is 6.54 Å². The molecule has 0 aliphatic carbocycles. The molecule has 0 rings (SSSR count). The van der Waals surface area contributed by atoms with Crippen LogP contribution >= 0.6 is 0 Å². The van der Waals surface area contributed by atoms with E-state index in [-0.39, 0.29) is 0 Å². The Bertz CT molecular complexity index is 136. The van der Waals surface area contributed by atoms with Gasteiger partial charge in [-0.1, -0.05) is 58.6 Å². The highest BCUT2D eigenvalue weighted by Crippen LogP contribution is 2.05. The van der Waals surface area contributed by atoms with Crippen LogP contribution in [0.15, 0.2) is 12.2 Å². The summed E-state index contributed by atoms with van der Waals surface area (Å²) in [6, 6.07) is 0. The molecule has 0 N–H and O–H groups in total. The minimum absolute atomic E-state index is 1.13. The van der Waals surface area contributed by atoms with Crippen LogP contribution in [0.25, 0.3) is 0 Å². The predicted octanol–water partition coefficient (Wildman–Crippen LogP) is 4.24. The third-order valence-electron chi connectivity index (χ3n) is 2.90. The molecule has 0 saturated heterocycles. The van der Waals surface area contributed by atoms with Crippen molar-refractivity contribution < 1.29 is 0 Å². The normalized spacial score (nSPS) is 11.7. The van der Waals surface area contributed by atoms with E-state index in [1.807, 2.05) is 0 Å². The minimum Gasteiger partial charge on any atom is -0.300 e. The van der Waals surface area contributed by atoms with E-state index < -0.39 is 0 Å². The van der Waals surface area contributed by atoms with Crippen molar-refractivity contribution in [3.63, 3.8) is 0 Å². The molecule has 0 bridgehead atoms. The summed E-state index contributed by atoms with van der Waals surface area (Å²) < 4.78 is 0. The maximum atomic E-state index is 2.44. The predicted molar refractivity (Wildman–Crippen MR) is 70.3 cm³/mol. The van der Waals surface area contributed by atoms with Crippen LogP contribution in [0.5, 0.6) is 0 Å². The molecule has 0 saturated carbocycles. The second-order valence-corrected chi connectivity index (χ2v) is 4.16. The maximum Gasteiger partial charge on any atom is 0.0162 e. The van der Waals surface area contributed by atoms with Crippen LogP contribution in [0.2, 0.25) is 0 Å². The average Bonchev–Trinajstić information content (AvgIpc) is 2.27. The second kappa shape index (κ2) is 11.8. The molecule has 1 nitrogen and oxygen atoms in total. The van der Waals surface area contributed by atoms with Crippen molar-refractivity contribution in [3.05, 3.63) is 12.2 Å². The summed E-state index contributed by atoms with van der Waals surface area (Å²) in [5.41, 5.74) is 0. The Kier molecular flexibility index (Phi) is 11.5. The monoisotopic (exact) mass is 211 g/mol. The van der Waals surface area contributed by atoms with Gasteiger partial charge >= 0.3 is 0 Å². The minimum atomic E-state index is 1.13. The molecule has 0 aliphatic rings. The second-order valence-electron chi connectivity index (χ2n) is 4.16. The average molecular weight is 211 g/mol. The van der Waals surface area contributed by atoms with E-state index in [4.69, 9.17) is 0 Å². The van der Waals surface area contributed by atoms with E-state index >= 15 is 0 Å². The molecule has 0 fully saturated rings. The van der Waals surface area contributed by atoms with Gasteiger partial charge in [-0.2, -0.15) is 0 Å². The Morgan fingerprint density at radius 1 is 0.800 bits per heavy atom. The first-order chi connectivity index (χ1) is 7.35. The molecule has 0 unspecified atom stereocenters. The smallest absolute Gasteiger partial charge is 0.0162 e. The summed E-state index contributed by atoms with van der Waals surface area (Å²) in [6.45, 7) is 10.2. The fourth-order valence-corrected chi connectivity index (χ4v) is 1.69. The molecular weight excluding hydrogens is 182 g/mol. The van der Waals surface area contributed by atoms with Gasteiger partial charge in [-0.25, -0.2) is 0 Å². The van der Waals surface area contributed by atoms with E-state index in [1.165, 1.54) is 38.5 Å². The van der Waals surface area contributed by atoms with Crippen molar-refractivity contribution in [3.8, 4) is 0 Å². The Morgan fingerprint density at radius 2 is 1.47 bits per heavy atom. The lowest BCUT2D eigenvalue weighted by Crippen LogP contribution is -2.22. The molecule has 1 heteroatoms. The summed E-state index contributed by atoms with van der Waals surface area (Å²) in [7, 11) is 0. The first kappa shape index (κ1) is 14.7. The van der Waals surface area contributed by atoms with Gasteiger partial charge in [-0.3, -0.25) is 0 Å². The topological polar surface area (TPSA) is 3.24 Å². The van der Waals surface area contributed by atoms with Gasteiger partial charge in [0.25, 0.3) is 0 Å². The SMILES string of the molecule is CCCCCCC/C=C/CN(CC)CC. The van der Waals surface area contributed by atoms with Crippen LogP contribution in [0.4, 0.5) is 0 Å². The molecule has 0 aromatic carbocycles. The van der Waals surface area contributed by atoms with Crippen molar-refractivity contribution in [1.29, 1.82) is 0 Å². The van der Waals surface area contributed by atoms with Crippen LogP contribution in [0.1, 0.15) is 59.3 Å². The number of unbranched alkanes of at least 4 members (excludes halogenated alkanes) is 5. The van der Waals surface area contributed by atoms with Crippen LogP contribution in [-0.4, -0.2) is 24.5 Å². The van der Waals surface area contributed by atoms with Crippen LogP contribution in [0.3, 0.4) is 0 Å². The molecule has 0 amide bonds. The number of rotatable bonds is 10. The van der Waals surface area contributed by atoms with Crippen molar-refractivity contribution >= 4 is 0 Å². The van der Waals surface area contributed by atoms with Crippen molar-refractivity contribution in [1.82, 2.24) is 4.90 Å². The summed E-state index contributed by atoms with van der Waals surface area (Å²) in [4.78, 5) is 2.44. The zero-order valence-electron chi connectivity index (χ0n) is 11.0. The van der Waals surface area contributed by atoms with E-state index in [2.05, 4.69) is 37.8 Å².